The minimum Gasteiger partial charge on any atom is -0.487 e. The van der Waals surface area contributed by atoms with Crippen LogP contribution in [-0.2, 0) is 6.61 Å². The van der Waals surface area contributed by atoms with Gasteiger partial charge in [0.15, 0.2) is 0 Å². The molecule has 18 heavy (non-hydrogen) atoms. The smallest absolute Gasteiger partial charge is 0.143 e. The van der Waals surface area contributed by atoms with E-state index in [1.54, 1.807) is 10.7 Å². The summed E-state index contributed by atoms with van der Waals surface area (Å²) in [5.41, 5.74) is 1.57. The van der Waals surface area contributed by atoms with E-state index in [0.717, 1.165) is 11.4 Å². The minimum absolute atomic E-state index is 0.357. The van der Waals surface area contributed by atoms with Crippen LogP contribution in [0.1, 0.15) is 5.69 Å². The second-order valence-corrected chi connectivity index (χ2v) is 3.53. The van der Waals surface area contributed by atoms with Gasteiger partial charge in [-0.15, -0.1) is 5.10 Å². The minimum atomic E-state index is 0.357. The zero-order valence-electron chi connectivity index (χ0n) is 9.30. The van der Waals surface area contributed by atoms with Crippen molar-refractivity contribution in [1.29, 1.82) is 0 Å². The molecule has 7 heteroatoms. The number of aromatic nitrogens is 5. The van der Waals surface area contributed by atoms with Crippen molar-refractivity contribution in [3.63, 3.8) is 0 Å². The molecule has 0 saturated heterocycles. The van der Waals surface area contributed by atoms with Crippen LogP contribution in [0.4, 0.5) is 0 Å². The van der Waals surface area contributed by atoms with Crippen LogP contribution in [0.3, 0.4) is 0 Å². The van der Waals surface area contributed by atoms with Gasteiger partial charge in [0.05, 0.1) is 5.69 Å². The Hall–Kier alpha value is -2.70. The van der Waals surface area contributed by atoms with Gasteiger partial charge in [0.1, 0.15) is 30.6 Å². The highest BCUT2D eigenvalue weighted by Gasteiger charge is 2.02. The SMILES string of the molecule is c1cc(OCc2ccon2)cc(-n2cnnn2)c1. The number of tetrazole rings is 1. The molecule has 7 nitrogen and oxygen atoms in total. The lowest BCUT2D eigenvalue weighted by molar-refractivity contribution is 0.289. The summed E-state index contributed by atoms with van der Waals surface area (Å²) >= 11 is 0. The van der Waals surface area contributed by atoms with Gasteiger partial charge in [-0.2, -0.15) is 0 Å². The van der Waals surface area contributed by atoms with Gasteiger partial charge in [0.25, 0.3) is 0 Å². The van der Waals surface area contributed by atoms with Gasteiger partial charge in [-0.25, -0.2) is 4.68 Å². The maximum atomic E-state index is 5.58. The molecule has 2 heterocycles. The number of rotatable bonds is 4. The highest BCUT2D eigenvalue weighted by Crippen LogP contribution is 2.16. The highest BCUT2D eigenvalue weighted by atomic mass is 16.5. The molecule has 3 aromatic rings. The lowest BCUT2D eigenvalue weighted by Crippen LogP contribution is -1.98. The molecule has 0 spiro atoms. The van der Waals surface area contributed by atoms with Crippen molar-refractivity contribution in [2.75, 3.05) is 0 Å². The van der Waals surface area contributed by atoms with Crippen molar-refractivity contribution in [3.05, 3.63) is 48.6 Å². The molecule has 0 atom stereocenters. The third kappa shape index (κ3) is 2.19. The first-order valence-corrected chi connectivity index (χ1v) is 5.27. The molecule has 0 amide bonds. The summed E-state index contributed by atoms with van der Waals surface area (Å²) in [5.74, 6) is 0.714. The topological polar surface area (TPSA) is 78.9 Å². The van der Waals surface area contributed by atoms with E-state index >= 15 is 0 Å². The summed E-state index contributed by atoms with van der Waals surface area (Å²) in [5, 5.41) is 14.7. The molecule has 0 aliphatic heterocycles. The van der Waals surface area contributed by atoms with Gasteiger partial charge in [0.2, 0.25) is 0 Å². The first-order chi connectivity index (χ1) is 8.92. The molecule has 0 unspecified atom stereocenters. The summed E-state index contributed by atoms with van der Waals surface area (Å²) in [4.78, 5) is 0. The van der Waals surface area contributed by atoms with E-state index in [4.69, 9.17) is 9.26 Å². The second-order valence-electron chi connectivity index (χ2n) is 3.53. The first kappa shape index (κ1) is 10.5. The predicted molar refractivity (Wildman–Crippen MR) is 60.0 cm³/mol. The average molecular weight is 243 g/mol. The van der Waals surface area contributed by atoms with Gasteiger partial charge < -0.3 is 9.26 Å². The Morgan fingerprint density at radius 3 is 3.06 bits per heavy atom. The van der Waals surface area contributed by atoms with E-state index < -0.39 is 0 Å². The van der Waals surface area contributed by atoms with E-state index in [-0.39, 0.29) is 0 Å². The lowest BCUT2D eigenvalue weighted by Gasteiger charge is -2.05. The quantitative estimate of drug-likeness (QED) is 0.685. The Morgan fingerprint density at radius 1 is 1.28 bits per heavy atom. The lowest BCUT2D eigenvalue weighted by atomic mass is 10.3. The number of ether oxygens (including phenoxy) is 1. The molecule has 0 radical (unpaired) electrons. The zero-order chi connectivity index (χ0) is 12.2. The van der Waals surface area contributed by atoms with E-state index in [1.165, 1.54) is 12.6 Å². The number of hydrogen-bond donors (Lipinski definition) is 0. The second kappa shape index (κ2) is 4.66. The first-order valence-electron chi connectivity index (χ1n) is 5.27. The van der Waals surface area contributed by atoms with Crippen LogP contribution >= 0.6 is 0 Å². The fourth-order valence-electron chi connectivity index (χ4n) is 1.46. The van der Waals surface area contributed by atoms with Crippen LogP contribution < -0.4 is 4.74 Å². The van der Waals surface area contributed by atoms with Crippen molar-refractivity contribution in [3.8, 4) is 11.4 Å². The van der Waals surface area contributed by atoms with E-state index in [0.29, 0.717) is 12.4 Å². The van der Waals surface area contributed by atoms with Gasteiger partial charge in [-0.3, -0.25) is 0 Å². The summed E-state index contributed by atoms with van der Waals surface area (Å²) in [7, 11) is 0. The van der Waals surface area contributed by atoms with Gasteiger partial charge in [0, 0.05) is 12.1 Å². The molecule has 0 aliphatic carbocycles. The van der Waals surface area contributed by atoms with Gasteiger partial charge in [-0.1, -0.05) is 11.2 Å². The Bertz CT molecular complexity index is 606. The molecule has 0 N–H and O–H groups in total. The average Bonchev–Trinajstić information content (AvgIpc) is 3.10. The monoisotopic (exact) mass is 243 g/mol. The fraction of sp³-hybridized carbons (Fsp3) is 0.0909. The molecule has 0 saturated carbocycles. The van der Waals surface area contributed by atoms with E-state index in [2.05, 4.69) is 20.7 Å². The van der Waals surface area contributed by atoms with Gasteiger partial charge in [-0.05, 0) is 22.6 Å². The van der Waals surface area contributed by atoms with Crippen LogP contribution in [0.2, 0.25) is 0 Å². The maximum absolute atomic E-state index is 5.58. The van der Waals surface area contributed by atoms with Crippen molar-refractivity contribution in [2.24, 2.45) is 0 Å². The molecule has 1 aromatic carbocycles. The van der Waals surface area contributed by atoms with Crippen LogP contribution in [0.5, 0.6) is 5.75 Å². The third-order valence-corrected chi connectivity index (χ3v) is 2.31. The number of benzene rings is 1. The molecule has 90 valence electrons. The molecule has 2 aromatic heterocycles. The van der Waals surface area contributed by atoms with Crippen LogP contribution in [0.25, 0.3) is 5.69 Å². The summed E-state index contributed by atoms with van der Waals surface area (Å²) in [6.07, 6.45) is 3.03. The normalized spacial score (nSPS) is 10.4. The Morgan fingerprint density at radius 2 is 2.28 bits per heavy atom. The van der Waals surface area contributed by atoms with Crippen LogP contribution in [-0.4, -0.2) is 25.4 Å². The standard InChI is InChI=1S/C11H9N5O2/c1-2-10(16-8-12-14-15-16)6-11(3-1)17-7-9-4-5-18-13-9/h1-6,8H,7H2. The molecular formula is C11H9N5O2. The zero-order valence-corrected chi connectivity index (χ0v) is 9.30. The molecule has 0 bridgehead atoms. The summed E-state index contributed by atoms with van der Waals surface area (Å²) < 4.78 is 11.9. The van der Waals surface area contributed by atoms with Crippen molar-refractivity contribution in [1.82, 2.24) is 25.4 Å². The van der Waals surface area contributed by atoms with E-state index in [9.17, 15) is 0 Å². The van der Waals surface area contributed by atoms with Crippen molar-refractivity contribution < 1.29 is 9.26 Å². The van der Waals surface area contributed by atoms with Crippen molar-refractivity contribution >= 4 is 0 Å². The summed E-state index contributed by atoms with van der Waals surface area (Å²) in [6, 6.07) is 9.21. The van der Waals surface area contributed by atoms with Crippen LogP contribution in [0, 0.1) is 0 Å². The molecule has 0 fully saturated rings. The largest absolute Gasteiger partial charge is 0.487 e. The summed E-state index contributed by atoms with van der Waals surface area (Å²) in [6.45, 7) is 0.357. The maximum Gasteiger partial charge on any atom is 0.143 e. The third-order valence-electron chi connectivity index (χ3n) is 2.31. The van der Waals surface area contributed by atoms with Crippen molar-refractivity contribution in [2.45, 2.75) is 6.61 Å². The molecular weight excluding hydrogens is 234 g/mol. The number of nitrogens with zero attached hydrogens (tertiary/aromatic N) is 5. The molecule has 3 rings (SSSR count). The van der Waals surface area contributed by atoms with E-state index in [1.807, 2.05) is 24.3 Å². The Balaban J connectivity index is 1.75. The Labute approximate surface area is 102 Å². The predicted octanol–water partition coefficient (Wildman–Crippen LogP) is 1.23. The molecule has 0 aliphatic rings. The number of hydrogen-bond acceptors (Lipinski definition) is 6. The van der Waals surface area contributed by atoms with Gasteiger partial charge >= 0.3 is 0 Å². The highest BCUT2D eigenvalue weighted by molar-refractivity contribution is 5.38. The Kier molecular flexibility index (Phi) is 2.71. The fourth-order valence-corrected chi connectivity index (χ4v) is 1.46. The van der Waals surface area contributed by atoms with Crippen LogP contribution in [0.15, 0.2) is 47.4 Å².